The van der Waals surface area contributed by atoms with Gasteiger partial charge in [-0.15, -0.1) is 0 Å². The number of rotatable bonds is 3. The molecular formula is C11H12BrF3O. The topological polar surface area (TPSA) is 20.2 Å². The molecule has 1 rings (SSSR count). The van der Waals surface area contributed by atoms with Crippen LogP contribution in [0.5, 0.6) is 0 Å². The summed E-state index contributed by atoms with van der Waals surface area (Å²) in [6.45, 7) is 1.87. The van der Waals surface area contributed by atoms with E-state index in [9.17, 15) is 18.3 Å². The Kier molecular flexibility index (Phi) is 4.38. The lowest BCUT2D eigenvalue weighted by Gasteiger charge is -2.14. The van der Waals surface area contributed by atoms with E-state index in [0.717, 1.165) is 12.1 Å². The molecule has 0 fully saturated rings. The van der Waals surface area contributed by atoms with E-state index >= 15 is 0 Å². The molecule has 0 amide bonds. The highest BCUT2D eigenvalue weighted by Gasteiger charge is 2.31. The van der Waals surface area contributed by atoms with Gasteiger partial charge in [0.15, 0.2) is 0 Å². The van der Waals surface area contributed by atoms with Gasteiger partial charge in [0.05, 0.1) is 11.7 Å². The Morgan fingerprint density at radius 3 is 2.50 bits per heavy atom. The van der Waals surface area contributed by atoms with Gasteiger partial charge in [-0.2, -0.15) is 13.2 Å². The van der Waals surface area contributed by atoms with Crippen molar-refractivity contribution in [1.29, 1.82) is 0 Å². The minimum Gasteiger partial charge on any atom is -0.388 e. The molecular weight excluding hydrogens is 285 g/mol. The molecule has 1 unspecified atom stereocenters. The Balaban J connectivity index is 3.09. The van der Waals surface area contributed by atoms with E-state index in [4.69, 9.17) is 0 Å². The van der Waals surface area contributed by atoms with Crippen molar-refractivity contribution in [3.63, 3.8) is 0 Å². The molecule has 1 atom stereocenters. The van der Waals surface area contributed by atoms with Crippen molar-refractivity contribution in [3.05, 3.63) is 33.8 Å². The van der Waals surface area contributed by atoms with Crippen LogP contribution in [0.3, 0.4) is 0 Å². The first-order valence-corrected chi connectivity index (χ1v) is 5.70. The third-order valence-electron chi connectivity index (χ3n) is 2.24. The molecule has 0 spiro atoms. The fourth-order valence-corrected chi connectivity index (χ4v) is 1.92. The van der Waals surface area contributed by atoms with Gasteiger partial charge in [-0.3, -0.25) is 0 Å². The minimum atomic E-state index is -4.37. The van der Waals surface area contributed by atoms with Crippen LogP contribution in [0.25, 0.3) is 0 Å². The number of benzene rings is 1. The van der Waals surface area contributed by atoms with Crippen LogP contribution in [0.15, 0.2) is 22.7 Å². The fourth-order valence-electron chi connectivity index (χ4n) is 1.40. The maximum Gasteiger partial charge on any atom is 0.416 e. The van der Waals surface area contributed by atoms with Gasteiger partial charge in [-0.1, -0.05) is 29.3 Å². The summed E-state index contributed by atoms with van der Waals surface area (Å²) in [4.78, 5) is 0. The minimum absolute atomic E-state index is 0.289. The molecule has 0 aliphatic rings. The summed E-state index contributed by atoms with van der Waals surface area (Å²) in [6.07, 6.45) is -4.08. The maximum atomic E-state index is 12.5. The maximum absolute atomic E-state index is 12.5. The largest absolute Gasteiger partial charge is 0.416 e. The SMILES string of the molecule is CCCC(O)c1cc(C(F)(F)F)ccc1Br. The highest BCUT2D eigenvalue weighted by atomic mass is 79.9. The van der Waals surface area contributed by atoms with Crippen LogP contribution in [-0.4, -0.2) is 5.11 Å². The average molecular weight is 297 g/mol. The second-order valence-electron chi connectivity index (χ2n) is 3.54. The molecule has 1 aromatic carbocycles. The van der Waals surface area contributed by atoms with Crippen LogP contribution in [0.1, 0.15) is 37.0 Å². The first-order chi connectivity index (χ1) is 7.36. The first-order valence-electron chi connectivity index (χ1n) is 4.91. The van der Waals surface area contributed by atoms with Gasteiger partial charge >= 0.3 is 6.18 Å². The van der Waals surface area contributed by atoms with Crippen LogP contribution in [0.4, 0.5) is 13.2 Å². The van der Waals surface area contributed by atoms with Gasteiger partial charge in [0, 0.05) is 4.47 Å². The lowest BCUT2D eigenvalue weighted by atomic mass is 10.0. The Labute approximate surface area is 100 Å². The zero-order valence-corrected chi connectivity index (χ0v) is 10.3. The summed E-state index contributed by atoms with van der Waals surface area (Å²) in [5.74, 6) is 0. The van der Waals surface area contributed by atoms with E-state index in [2.05, 4.69) is 15.9 Å². The van der Waals surface area contributed by atoms with E-state index in [0.29, 0.717) is 17.3 Å². The van der Waals surface area contributed by atoms with E-state index in [1.54, 1.807) is 0 Å². The molecule has 1 nitrogen and oxygen atoms in total. The molecule has 16 heavy (non-hydrogen) atoms. The van der Waals surface area contributed by atoms with Crippen molar-refractivity contribution in [2.75, 3.05) is 0 Å². The van der Waals surface area contributed by atoms with Gasteiger partial charge < -0.3 is 5.11 Å². The first kappa shape index (κ1) is 13.5. The second kappa shape index (κ2) is 5.19. The number of hydrogen-bond acceptors (Lipinski definition) is 1. The molecule has 0 aliphatic carbocycles. The smallest absolute Gasteiger partial charge is 0.388 e. The molecule has 0 saturated carbocycles. The molecule has 0 bridgehead atoms. The monoisotopic (exact) mass is 296 g/mol. The number of aliphatic hydroxyl groups is 1. The highest BCUT2D eigenvalue weighted by Crippen LogP contribution is 2.34. The zero-order valence-electron chi connectivity index (χ0n) is 8.68. The van der Waals surface area contributed by atoms with Gasteiger partial charge in [-0.05, 0) is 30.2 Å². The number of halogens is 4. The molecule has 0 heterocycles. The van der Waals surface area contributed by atoms with Gasteiger partial charge in [0.2, 0.25) is 0 Å². The Hall–Kier alpha value is -0.550. The summed E-state index contributed by atoms with van der Waals surface area (Å²) in [5, 5.41) is 9.69. The van der Waals surface area contributed by atoms with Gasteiger partial charge in [0.1, 0.15) is 0 Å². The number of hydrogen-bond donors (Lipinski definition) is 1. The molecule has 5 heteroatoms. The quantitative estimate of drug-likeness (QED) is 0.882. The summed E-state index contributed by atoms with van der Waals surface area (Å²) in [5.41, 5.74) is -0.447. The number of alkyl halides is 3. The van der Waals surface area contributed by atoms with Crippen molar-refractivity contribution in [1.82, 2.24) is 0 Å². The Morgan fingerprint density at radius 2 is 2.00 bits per heavy atom. The molecule has 0 radical (unpaired) electrons. The molecule has 0 saturated heterocycles. The molecule has 1 N–H and O–H groups in total. The van der Waals surface area contributed by atoms with Crippen molar-refractivity contribution < 1.29 is 18.3 Å². The Morgan fingerprint density at radius 1 is 1.38 bits per heavy atom. The van der Waals surface area contributed by atoms with E-state index in [1.807, 2.05) is 6.92 Å². The van der Waals surface area contributed by atoms with Gasteiger partial charge in [0.25, 0.3) is 0 Å². The predicted octanol–water partition coefficient (Wildman–Crippen LogP) is 4.30. The van der Waals surface area contributed by atoms with Crippen LogP contribution in [-0.2, 0) is 6.18 Å². The van der Waals surface area contributed by atoms with Crippen LogP contribution in [0, 0.1) is 0 Å². The highest BCUT2D eigenvalue weighted by molar-refractivity contribution is 9.10. The van der Waals surface area contributed by atoms with Crippen LogP contribution < -0.4 is 0 Å². The molecule has 0 aromatic heterocycles. The zero-order chi connectivity index (χ0) is 12.3. The number of aliphatic hydroxyl groups excluding tert-OH is 1. The van der Waals surface area contributed by atoms with Crippen molar-refractivity contribution >= 4 is 15.9 Å². The predicted molar refractivity (Wildman–Crippen MR) is 59.0 cm³/mol. The van der Waals surface area contributed by atoms with Crippen LogP contribution >= 0.6 is 15.9 Å². The molecule has 1 aromatic rings. The van der Waals surface area contributed by atoms with Crippen molar-refractivity contribution in [2.45, 2.75) is 32.0 Å². The summed E-state index contributed by atoms with van der Waals surface area (Å²) in [6, 6.07) is 3.30. The fraction of sp³-hybridized carbons (Fsp3) is 0.455. The van der Waals surface area contributed by atoms with E-state index in [-0.39, 0.29) is 5.56 Å². The van der Waals surface area contributed by atoms with Crippen molar-refractivity contribution in [3.8, 4) is 0 Å². The summed E-state index contributed by atoms with van der Waals surface area (Å²) < 4.78 is 37.9. The average Bonchev–Trinajstić information content (AvgIpc) is 2.16. The summed E-state index contributed by atoms with van der Waals surface area (Å²) in [7, 11) is 0. The van der Waals surface area contributed by atoms with Crippen molar-refractivity contribution in [2.24, 2.45) is 0 Å². The Bertz CT molecular complexity index is 363. The summed E-state index contributed by atoms with van der Waals surface area (Å²) >= 11 is 3.14. The third-order valence-corrected chi connectivity index (χ3v) is 2.97. The molecule has 0 aliphatic heterocycles. The van der Waals surface area contributed by atoms with Crippen LogP contribution in [0.2, 0.25) is 0 Å². The standard InChI is InChI=1S/C11H12BrF3O/c1-2-3-10(16)8-6-7(11(13,14)15)4-5-9(8)12/h4-6,10,16H,2-3H2,1H3. The lowest BCUT2D eigenvalue weighted by molar-refractivity contribution is -0.137. The normalized spacial score (nSPS) is 13.9. The van der Waals surface area contributed by atoms with E-state index in [1.165, 1.54) is 6.07 Å². The molecule has 90 valence electrons. The lowest BCUT2D eigenvalue weighted by Crippen LogP contribution is -2.07. The van der Waals surface area contributed by atoms with E-state index < -0.39 is 17.8 Å². The second-order valence-corrected chi connectivity index (χ2v) is 4.39. The third kappa shape index (κ3) is 3.22. The van der Waals surface area contributed by atoms with Gasteiger partial charge in [-0.25, -0.2) is 0 Å².